The van der Waals surface area contributed by atoms with Crippen molar-refractivity contribution in [3.8, 4) is 11.5 Å². The number of benzene rings is 3. The molecule has 3 aromatic carbocycles. The third kappa shape index (κ3) is 4.98. The van der Waals surface area contributed by atoms with Crippen molar-refractivity contribution in [3.63, 3.8) is 0 Å². The number of carbonyl (C=O) groups is 1. The molecule has 1 aromatic heterocycles. The third-order valence-electron chi connectivity index (χ3n) is 5.30. The Morgan fingerprint density at radius 3 is 2.62 bits per heavy atom. The summed E-state index contributed by atoms with van der Waals surface area (Å²) in [7, 11) is 0. The molecule has 0 fully saturated rings. The normalized spacial score (nSPS) is 11.8. The van der Waals surface area contributed by atoms with Crippen LogP contribution in [0.3, 0.4) is 0 Å². The molecule has 162 valence electrons. The minimum atomic E-state index is -0.329. The van der Waals surface area contributed by atoms with Gasteiger partial charge in [0.05, 0.1) is 0 Å². The second kappa shape index (κ2) is 9.51. The van der Waals surface area contributed by atoms with Crippen LogP contribution in [0, 0.1) is 0 Å². The van der Waals surface area contributed by atoms with Gasteiger partial charge in [-0.2, -0.15) is 0 Å². The average molecular weight is 464 g/mol. The number of aromatic nitrogens is 1. The summed E-state index contributed by atoms with van der Waals surface area (Å²) in [5.41, 5.74) is 4.90. The van der Waals surface area contributed by atoms with E-state index in [9.17, 15) is 4.79 Å². The Balaban J connectivity index is 1.43. The number of rotatable bonds is 5. The second-order valence-corrected chi connectivity index (χ2v) is 8.40. The van der Waals surface area contributed by atoms with Crippen molar-refractivity contribution >= 4 is 51.6 Å². The van der Waals surface area contributed by atoms with Crippen LogP contribution in [-0.4, -0.2) is 16.0 Å². The van der Waals surface area contributed by atoms with Gasteiger partial charge in [0, 0.05) is 21.8 Å². The number of halogens is 1. The Kier molecular flexibility index (Phi) is 6.53. The SMILES string of the molecule is CCC(C)c1ccc2oc(-c3ccc(NC(=S)NC(=O)c4cccc(Cl)c4)cc3)nc2c1. The van der Waals surface area contributed by atoms with Crippen LogP contribution >= 0.6 is 23.8 Å². The van der Waals surface area contributed by atoms with E-state index in [0.717, 1.165) is 28.8 Å². The Morgan fingerprint density at radius 1 is 1.12 bits per heavy atom. The summed E-state index contributed by atoms with van der Waals surface area (Å²) in [6.45, 7) is 4.38. The highest BCUT2D eigenvalue weighted by Crippen LogP contribution is 2.28. The van der Waals surface area contributed by atoms with Crippen LogP contribution < -0.4 is 10.6 Å². The molecule has 0 bridgehead atoms. The Morgan fingerprint density at radius 2 is 1.91 bits per heavy atom. The topological polar surface area (TPSA) is 67.2 Å². The molecule has 7 heteroatoms. The van der Waals surface area contributed by atoms with Crippen molar-refractivity contribution in [2.75, 3.05) is 5.32 Å². The monoisotopic (exact) mass is 463 g/mol. The van der Waals surface area contributed by atoms with Crippen molar-refractivity contribution in [2.24, 2.45) is 0 Å². The molecule has 1 unspecified atom stereocenters. The molecule has 1 heterocycles. The van der Waals surface area contributed by atoms with Crippen molar-refractivity contribution in [2.45, 2.75) is 26.2 Å². The van der Waals surface area contributed by atoms with E-state index >= 15 is 0 Å². The zero-order valence-corrected chi connectivity index (χ0v) is 19.3. The third-order valence-corrected chi connectivity index (χ3v) is 5.74. The van der Waals surface area contributed by atoms with Gasteiger partial charge in [0.2, 0.25) is 5.89 Å². The van der Waals surface area contributed by atoms with Crippen LogP contribution in [0.15, 0.2) is 71.1 Å². The van der Waals surface area contributed by atoms with E-state index < -0.39 is 0 Å². The first-order valence-electron chi connectivity index (χ1n) is 10.3. The lowest BCUT2D eigenvalue weighted by Crippen LogP contribution is -2.34. The summed E-state index contributed by atoms with van der Waals surface area (Å²) in [5, 5.41) is 6.34. The minimum absolute atomic E-state index is 0.196. The van der Waals surface area contributed by atoms with Gasteiger partial charge in [0.25, 0.3) is 5.91 Å². The fraction of sp³-hybridized carbons (Fsp3) is 0.160. The molecule has 0 aliphatic rings. The van der Waals surface area contributed by atoms with Gasteiger partial charge >= 0.3 is 0 Å². The lowest BCUT2D eigenvalue weighted by molar-refractivity contribution is 0.0977. The first-order chi connectivity index (χ1) is 15.4. The zero-order chi connectivity index (χ0) is 22.7. The lowest BCUT2D eigenvalue weighted by Gasteiger charge is -2.10. The van der Waals surface area contributed by atoms with Crippen LogP contribution in [0.2, 0.25) is 5.02 Å². The molecule has 0 aliphatic carbocycles. The van der Waals surface area contributed by atoms with Crippen molar-refractivity contribution in [1.29, 1.82) is 0 Å². The molecule has 1 atom stereocenters. The summed E-state index contributed by atoms with van der Waals surface area (Å²) >= 11 is 11.2. The summed E-state index contributed by atoms with van der Waals surface area (Å²) in [6.07, 6.45) is 1.08. The summed E-state index contributed by atoms with van der Waals surface area (Å²) in [4.78, 5) is 16.9. The van der Waals surface area contributed by atoms with Gasteiger partial charge in [0.15, 0.2) is 10.7 Å². The zero-order valence-electron chi connectivity index (χ0n) is 17.7. The lowest BCUT2D eigenvalue weighted by atomic mass is 9.98. The smallest absolute Gasteiger partial charge is 0.257 e. The predicted octanol–water partition coefficient (Wildman–Crippen LogP) is 6.79. The molecule has 4 rings (SSSR count). The number of nitrogens with zero attached hydrogens (tertiary/aromatic N) is 1. The molecular formula is C25H22ClN3O2S. The number of carbonyl (C=O) groups excluding carboxylic acids is 1. The summed E-state index contributed by atoms with van der Waals surface area (Å²) in [6, 6.07) is 20.3. The number of oxazole rings is 1. The summed E-state index contributed by atoms with van der Waals surface area (Å²) < 4.78 is 5.93. The molecule has 4 aromatic rings. The highest BCUT2D eigenvalue weighted by atomic mass is 35.5. The number of hydrogen-bond acceptors (Lipinski definition) is 4. The van der Waals surface area contributed by atoms with Gasteiger partial charge in [-0.05, 0) is 84.7 Å². The van der Waals surface area contributed by atoms with E-state index in [1.807, 2.05) is 30.3 Å². The van der Waals surface area contributed by atoms with Crippen molar-refractivity contribution in [1.82, 2.24) is 10.3 Å². The van der Waals surface area contributed by atoms with Crippen LogP contribution in [0.4, 0.5) is 5.69 Å². The molecular weight excluding hydrogens is 442 g/mol. The van der Waals surface area contributed by atoms with Crippen molar-refractivity contribution < 1.29 is 9.21 Å². The Labute approximate surface area is 196 Å². The van der Waals surface area contributed by atoms with Gasteiger partial charge in [-0.25, -0.2) is 4.98 Å². The van der Waals surface area contributed by atoms with Crippen molar-refractivity contribution in [3.05, 3.63) is 82.9 Å². The highest BCUT2D eigenvalue weighted by Gasteiger charge is 2.12. The van der Waals surface area contributed by atoms with E-state index in [-0.39, 0.29) is 11.0 Å². The fourth-order valence-corrected chi connectivity index (χ4v) is 3.67. The maximum absolute atomic E-state index is 12.3. The average Bonchev–Trinajstić information content (AvgIpc) is 3.22. The number of anilines is 1. The number of amides is 1. The Bertz CT molecular complexity index is 1280. The van der Waals surface area contributed by atoms with Gasteiger partial charge < -0.3 is 9.73 Å². The largest absolute Gasteiger partial charge is 0.436 e. The molecule has 2 N–H and O–H groups in total. The number of fused-ring (bicyclic) bond motifs is 1. The first kappa shape index (κ1) is 22.0. The molecule has 1 amide bonds. The van der Waals surface area contributed by atoms with E-state index in [0.29, 0.717) is 22.4 Å². The summed E-state index contributed by atoms with van der Waals surface area (Å²) in [5.74, 6) is 0.711. The standard InChI is InChI=1S/C25H22ClN3O2S/c1-3-15(2)17-9-12-22-21(14-17)28-24(31-22)16-7-10-20(11-8-16)27-25(32)29-23(30)18-5-4-6-19(26)13-18/h4-15H,3H2,1-2H3,(H2,27,29,30,32). The van der Waals surface area contributed by atoms with E-state index in [1.165, 1.54) is 5.56 Å². The van der Waals surface area contributed by atoms with Gasteiger partial charge in [-0.3, -0.25) is 10.1 Å². The highest BCUT2D eigenvalue weighted by molar-refractivity contribution is 7.80. The van der Waals surface area contributed by atoms with Crippen LogP contribution in [0.1, 0.15) is 42.1 Å². The van der Waals surface area contributed by atoms with E-state index in [2.05, 4.69) is 41.6 Å². The van der Waals surface area contributed by atoms with Crippen LogP contribution in [-0.2, 0) is 0 Å². The molecule has 5 nitrogen and oxygen atoms in total. The quantitative estimate of drug-likeness (QED) is 0.319. The fourth-order valence-electron chi connectivity index (χ4n) is 3.27. The molecule has 0 aliphatic heterocycles. The number of thiocarbonyl (C=S) groups is 1. The van der Waals surface area contributed by atoms with Crippen LogP contribution in [0.5, 0.6) is 0 Å². The minimum Gasteiger partial charge on any atom is -0.436 e. The van der Waals surface area contributed by atoms with E-state index in [4.69, 9.17) is 28.2 Å². The molecule has 32 heavy (non-hydrogen) atoms. The molecule has 0 saturated heterocycles. The van der Waals surface area contributed by atoms with Crippen LogP contribution in [0.25, 0.3) is 22.6 Å². The molecule has 0 spiro atoms. The van der Waals surface area contributed by atoms with Gasteiger partial charge in [0.1, 0.15) is 5.52 Å². The second-order valence-electron chi connectivity index (χ2n) is 7.55. The predicted molar refractivity (Wildman–Crippen MR) is 133 cm³/mol. The maximum Gasteiger partial charge on any atom is 0.257 e. The number of hydrogen-bond donors (Lipinski definition) is 2. The molecule has 0 saturated carbocycles. The molecule has 0 radical (unpaired) electrons. The first-order valence-corrected chi connectivity index (χ1v) is 11.1. The van der Waals surface area contributed by atoms with Gasteiger partial charge in [-0.15, -0.1) is 0 Å². The number of nitrogens with one attached hydrogen (secondary N) is 2. The van der Waals surface area contributed by atoms with Gasteiger partial charge in [-0.1, -0.05) is 37.6 Å². The Hall–Kier alpha value is -3.22. The maximum atomic E-state index is 12.3. The van der Waals surface area contributed by atoms with E-state index in [1.54, 1.807) is 24.3 Å².